The number of hydrogen-bond donors (Lipinski definition) is 1. The van der Waals surface area contributed by atoms with E-state index in [2.05, 4.69) is 41.3 Å². The number of nitrogens with two attached hydrogens (primary N) is 1. The molecule has 17 heavy (non-hydrogen) atoms. The Morgan fingerprint density at radius 2 is 2.06 bits per heavy atom. The molecule has 0 saturated carbocycles. The molecule has 1 atom stereocenters. The van der Waals surface area contributed by atoms with Gasteiger partial charge in [0.1, 0.15) is 0 Å². The molecule has 1 aromatic carbocycles. The molecule has 4 nitrogen and oxygen atoms in total. The minimum atomic E-state index is -0.208. The summed E-state index contributed by atoms with van der Waals surface area (Å²) in [6.45, 7) is 3.90. The first kappa shape index (κ1) is 12.1. The normalized spacial score (nSPS) is 12.6. The van der Waals surface area contributed by atoms with Crippen molar-refractivity contribution in [3.63, 3.8) is 0 Å². The first-order valence-corrected chi connectivity index (χ1v) is 6.41. The average Bonchev–Trinajstić information content (AvgIpc) is 2.77. The van der Waals surface area contributed by atoms with Crippen molar-refractivity contribution in [3.05, 3.63) is 41.5 Å². The predicted molar refractivity (Wildman–Crippen MR) is 67.6 cm³/mol. The van der Waals surface area contributed by atoms with Crippen molar-refractivity contribution in [2.24, 2.45) is 5.73 Å². The van der Waals surface area contributed by atoms with Crippen LogP contribution < -0.4 is 5.73 Å². The third-order valence-corrected chi connectivity index (χ3v) is 3.27. The standard InChI is InChI=1S/C12H15N3OS/c1-8-3-5-10(6-4-8)17-7-11-14-12(9(2)13)16-15-11/h3-6,9H,7,13H2,1-2H3. The first-order valence-electron chi connectivity index (χ1n) is 5.42. The third-order valence-electron chi connectivity index (χ3n) is 2.26. The van der Waals surface area contributed by atoms with E-state index in [0.717, 1.165) is 0 Å². The van der Waals surface area contributed by atoms with Crippen molar-refractivity contribution in [2.75, 3.05) is 0 Å². The summed E-state index contributed by atoms with van der Waals surface area (Å²) in [5.74, 6) is 1.87. The highest BCUT2D eigenvalue weighted by molar-refractivity contribution is 7.98. The molecule has 0 saturated heterocycles. The molecule has 1 aromatic heterocycles. The summed E-state index contributed by atoms with van der Waals surface area (Å²) in [6.07, 6.45) is 0. The van der Waals surface area contributed by atoms with E-state index in [1.54, 1.807) is 11.8 Å². The summed E-state index contributed by atoms with van der Waals surface area (Å²) < 4.78 is 5.03. The lowest BCUT2D eigenvalue weighted by Gasteiger charge is -1.98. The van der Waals surface area contributed by atoms with E-state index in [0.29, 0.717) is 17.5 Å². The number of benzene rings is 1. The topological polar surface area (TPSA) is 64.9 Å². The average molecular weight is 249 g/mol. The van der Waals surface area contributed by atoms with Crippen LogP contribution in [0, 0.1) is 6.92 Å². The van der Waals surface area contributed by atoms with Crippen LogP contribution in [0.2, 0.25) is 0 Å². The highest BCUT2D eigenvalue weighted by Gasteiger charge is 2.10. The van der Waals surface area contributed by atoms with Crippen molar-refractivity contribution >= 4 is 11.8 Å². The second kappa shape index (κ2) is 5.33. The number of nitrogens with zero attached hydrogens (tertiary/aromatic N) is 2. The zero-order valence-electron chi connectivity index (χ0n) is 9.88. The van der Waals surface area contributed by atoms with Gasteiger partial charge in [0.15, 0.2) is 5.82 Å². The molecular formula is C12H15N3OS. The van der Waals surface area contributed by atoms with Gasteiger partial charge in [0, 0.05) is 4.90 Å². The Hall–Kier alpha value is -1.33. The Labute approximate surface area is 105 Å². The molecule has 0 bridgehead atoms. The van der Waals surface area contributed by atoms with Crippen LogP contribution >= 0.6 is 11.8 Å². The molecule has 2 N–H and O–H groups in total. The molecule has 0 fully saturated rings. The van der Waals surface area contributed by atoms with Crippen LogP contribution in [0.4, 0.5) is 0 Å². The number of thioether (sulfide) groups is 1. The number of hydrogen-bond acceptors (Lipinski definition) is 5. The monoisotopic (exact) mass is 249 g/mol. The Bertz CT molecular complexity index is 479. The minimum Gasteiger partial charge on any atom is -0.338 e. The van der Waals surface area contributed by atoms with Crippen LogP contribution in [0.5, 0.6) is 0 Å². The van der Waals surface area contributed by atoms with Crippen LogP contribution in [-0.2, 0) is 5.75 Å². The van der Waals surface area contributed by atoms with Crippen molar-refractivity contribution < 1.29 is 4.52 Å². The summed E-state index contributed by atoms with van der Waals surface area (Å²) in [6, 6.07) is 8.15. The van der Waals surface area contributed by atoms with Gasteiger partial charge < -0.3 is 10.3 Å². The molecule has 5 heteroatoms. The van der Waals surface area contributed by atoms with E-state index in [1.807, 2.05) is 6.92 Å². The molecule has 2 rings (SSSR count). The largest absolute Gasteiger partial charge is 0.338 e. The Balaban J connectivity index is 1.95. The van der Waals surface area contributed by atoms with Gasteiger partial charge in [0.2, 0.25) is 5.89 Å². The molecule has 0 aliphatic heterocycles. The maximum atomic E-state index is 5.65. The quantitative estimate of drug-likeness (QED) is 0.844. The zero-order chi connectivity index (χ0) is 12.3. The lowest BCUT2D eigenvalue weighted by Crippen LogP contribution is -2.05. The van der Waals surface area contributed by atoms with Crippen molar-refractivity contribution in [1.82, 2.24) is 10.1 Å². The number of aromatic nitrogens is 2. The highest BCUT2D eigenvalue weighted by Crippen LogP contribution is 2.22. The van der Waals surface area contributed by atoms with E-state index < -0.39 is 0 Å². The molecule has 0 aliphatic carbocycles. The van der Waals surface area contributed by atoms with E-state index in [9.17, 15) is 0 Å². The van der Waals surface area contributed by atoms with Crippen molar-refractivity contribution in [2.45, 2.75) is 30.5 Å². The van der Waals surface area contributed by atoms with E-state index in [1.165, 1.54) is 10.5 Å². The van der Waals surface area contributed by atoms with Crippen LogP contribution in [0.25, 0.3) is 0 Å². The number of rotatable bonds is 4. The van der Waals surface area contributed by atoms with Gasteiger partial charge in [-0.2, -0.15) is 4.98 Å². The maximum absolute atomic E-state index is 5.65. The fourth-order valence-electron chi connectivity index (χ4n) is 1.29. The summed E-state index contributed by atoms with van der Waals surface area (Å²) in [5, 5.41) is 3.88. The van der Waals surface area contributed by atoms with Crippen LogP contribution in [0.1, 0.15) is 30.2 Å². The molecule has 0 amide bonds. The van der Waals surface area contributed by atoms with Gasteiger partial charge >= 0.3 is 0 Å². The van der Waals surface area contributed by atoms with Gasteiger partial charge in [0.25, 0.3) is 0 Å². The summed E-state index contributed by atoms with van der Waals surface area (Å²) >= 11 is 1.68. The van der Waals surface area contributed by atoms with E-state index in [4.69, 9.17) is 10.3 Å². The molecule has 0 aliphatic rings. The van der Waals surface area contributed by atoms with Gasteiger partial charge in [-0.05, 0) is 26.0 Å². The van der Waals surface area contributed by atoms with E-state index >= 15 is 0 Å². The van der Waals surface area contributed by atoms with Crippen LogP contribution in [-0.4, -0.2) is 10.1 Å². The first-order chi connectivity index (χ1) is 8.15. The second-order valence-electron chi connectivity index (χ2n) is 3.94. The highest BCUT2D eigenvalue weighted by atomic mass is 32.2. The number of aryl methyl sites for hydroxylation is 1. The van der Waals surface area contributed by atoms with Crippen LogP contribution in [0.3, 0.4) is 0 Å². The van der Waals surface area contributed by atoms with Crippen LogP contribution in [0.15, 0.2) is 33.7 Å². The summed E-state index contributed by atoms with van der Waals surface area (Å²) in [5.41, 5.74) is 6.91. The Kier molecular flexibility index (Phi) is 3.81. The van der Waals surface area contributed by atoms with Crippen molar-refractivity contribution in [1.29, 1.82) is 0 Å². The SMILES string of the molecule is Cc1ccc(SCc2noc(C(C)N)n2)cc1. The Morgan fingerprint density at radius 1 is 1.35 bits per heavy atom. The van der Waals surface area contributed by atoms with Gasteiger partial charge in [-0.25, -0.2) is 0 Å². The Morgan fingerprint density at radius 3 is 2.65 bits per heavy atom. The van der Waals surface area contributed by atoms with E-state index in [-0.39, 0.29) is 6.04 Å². The zero-order valence-corrected chi connectivity index (χ0v) is 10.7. The molecule has 90 valence electrons. The minimum absolute atomic E-state index is 0.208. The van der Waals surface area contributed by atoms with Gasteiger partial charge in [-0.3, -0.25) is 0 Å². The fraction of sp³-hybridized carbons (Fsp3) is 0.333. The predicted octanol–water partition coefficient (Wildman–Crippen LogP) is 2.69. The second-order valence-corrected chi connectivity index (χ2v) is 4.99. The molecule has 2 aromatic rings. The van der Waals surface area contributed by atoms with Crippen molar-refractivity contribution in [3.8, 4) is 0 Å². The van der Waals surface area contributed by atoms with Gasteiger partial charge in [-0.1, -0.05) is 22.9 Å². The van der Waals surface area contributed by atoms with Gasteiger partial charge in [-0.15, -0.1) is 11.8 Å². The lowest BCUT2D eigenvalue weighted by atomic mass is 10.2. The smallest absolute Gasteiger partial charge is 0.243 e. The summed E-state index contributed by atoms with van der Waals surface area (Å²) in [4.78, 5) is 5.42. The molecular weight excluding hydrogens is 234 g/mol. The molecule has 1 unspecified atom stereocenters. The summed E-state index contributed by atoms with van der Waals surface area (Å²) in [7, 11) is 0. The lowest BCUT2D eigenvalue weighted by molar-refractivity contribution is 0.358. The molecule has 1 heterocycles. The van der Waals surface area contributed by atoms with Gasteiger partial charge in [0.05, 0.1) is 11.8 Å². The maximum Gasteiger partial charge on any atom is 0.243 e. The fourth-order valence-corrected chi connectivity index (χ4v) is 2.03. The molecule has 0 spiro atoms. The third kappa shape index (κ3) is 3.31. The molecule has 0 radical (unpaired) electrons.